The van der Waals surface area contributed by atoms with E-state index in [1.165, 1.54) is 11.8 Å². The van der Waals surface area contributed by atoms with Gasteiger partial charge in [-0.15, -0.1) is 11.8 Å². The molecule has 2 unspecified atom stereocenters. The van der Waals surface area contributed by atoms with Crippen LogP contribution in [0.2, 0.25) is 5.02 Å². The van der Waals surface area contributed by atoms with E-state index in [1.807, 2.05) is 24.3 Å². The summed E-state index contributed by atoms with van der Waals surface area (Å²) in [5, 5.41) is 7.17. The third kappa shape index (κ3) is 4.41. The van der Waals surface area contributed by atoms with Crippen molar-refractivity contribution in [3.63, 3.8) is 0 Å². The van der Waals surface area contributed by atoms with Gasteiger partial charge in [0, 0.05) is 17.0 Å². The standard InChI is InChI=1S/C14H19ClN2OS/c1-10-12(6-4-8-16-10)17-14(18)9-19-13-7-3-2-5-11(13)15/h2-3,5,7,10,12,16H,4,6,8-9H2,1H3,(H,17,18). The molecule has 0 bridgehead atoms. The van der Waals surface area contributed by atoms with Gasteiger partial charge in [-0.05, 0) is 38.4 Å². The largest absolute Gasteiger partial charge is 0.351 e. The molecule has 0 radical (unpaired) electrons. The number of nitrogens with one attached hydrogen (secondary N) is 2. The van der Waals surface area contributed by atoms with E-state index in [2.05, 4.69) is 17.6 Å². The van der Waals surface area contributed by atoms with Gasteiger partial charge in [-0.1, -0.05) is 23.7 Å². The van der Waals surface area contributed by atoms with Gasteiger partial charge < -0.3 is 10.6 Å². The summed E-state index contributed by atoms with van der Waals surface area (Å²) in [7, 11) is 0. The molecule has 5 heteroatoms. The predicted molar refractivity (Wildman–Crippen MR) is 80.8 cm³/mol. The highest BCUT2D eigenvalue weighted by atomic mass is 35.5. The molecule has 0 saturated carbocycles. The summed E-state index contributed by atoms with van der Waals surface area (Å²) in [6.07, 6.45) is 2.17. The minimum absolute atomic E-state index is 0.0745. The van der Waals surface area contributed by atoms with Crippen LogP contribution in [0, 0.1) is 0 Å². The molecule has 2 atom stereocenters. The summed E-state index contributed by atoms with van der Waals surface area (Å²) in [5.41, 5.74) is 0. The van der Waals surface area contributed by atoms with Crippen molar-refractivity contribution in [2.75, 3.05) is 12.3 Å². The first kappa shape index (κ1) is 14.7. The third-order valence-electron chi connectivity index (χ3n) is 3.30. The van der Waals surface area contributed by atoms with Crippen LogP contribution in [0.4, 0.5) is 0 Å². The lowest BCUT2D eigenvalue weighted by Gasteiger charge is -2.30. The van der Waals surface area contributed by atoms with Crippen LogP contribution in [0.25, 0.3) is 0 Å². The fourth-order valence-corrected chi connectivity index (χ4v) is 3.24. The zero-order chi connectivity index (χ0) is 13.7. The normalized spacial score (nSPS) is 23.1. The first-order valence-corrected chi connectivity index (χ1v) is 7.93. The Labute approximate surface area is 123 Å². The van der Waals surface area contributed by atoms with Crippen molar-refractivity contribution in [3.05, 3.63) is 29.3 Å². The van der Waals surface area contributed by atoms with Crippen molar-refractivity contribution in [2.24, 2.45) is 0 Å². The molecule has 1 aromatic carbocycles. The molecule has 19 heavy (non-hydrogen) atoms. The van der Waals surface area contributed by atoms with Gasteiger partial charge in [0.25, 0.3) is 0 Å². The minimum Gasteiger partial charge on any atom is -0.351 e. The molecule has 1 aliphatic rings. The molecular weight excluding hydrogens is 280 g/mol. The highest BCUT2D eigenvalue weighted by Crippen LogP contribution is 2.26. The van der Waals surface area contributed by atoms with Crippen LogP contribution in [-0.4, -0.2) is 30.3 Å². The number of carbonyl (C=O) groups is 1. The molecule has 2 N–H and O–H groups in total. The van der Waals surface area contributed by atoms with Crippen LogP contribution in [0.5, 0.6) is 0 Å². The van der Waals surface area contributed by atoms with E-state index < -0.39 is 0 Å². The van der Waals surface area contributed by atoms with Gasteiger partial charge in [0.1, 0.15) is 0 Å². The van der Waals surface area contributed by atoms with Gasteiger partial charge in [0.2, 0.25) is 5.91 Å². The molecule has 1 amide bonds. The van der Waals surface area contributed by atoms with Gasteiger partial charge in [-0.3, -0.25) is 4.79 Å². The maximum Gasteiger partial charge on any atom is 0.230 e. The van der Waals surface area contributed by atoms with E-state index in [9.17, 15) is 4.79 Å². The van der Waals surface area contributed by atoms with E-state index in [4.69, 9.17) is 11.6 Å². The molecule has 0 aliphatic carbocycles. The zero-order valence-electron chi connectivity index (χ0n) is 11.0. The van der Waals surface area contributed by atoms with E-state index in [1.54, 1.807) is 0 Å². The number of benzene rings is 1. The Morgan fingerprint density at radius 2 is 2.32 bits per heavy atom. The summed E-state index contributed by atoms with van der Waals surface area (Å²) in [6, 6.07) is 8.19. The van der Waals surface area contributed by atoms with Gasteiger partial charge in [-0.25, -0.2) is 0 Å². The second kappa shape index (κ2) is 7.17. The van der Waals surface area contributed by atoms with Gasteiger partial charge >= 0.3 is 0 Å². The van der Waals surface area contributed by atoms with Crippen LogP contribution in [0.3, 0.4) is 0 Å². The summed E-state index contributed by atoms with van der Waals surface area (Å²) < 4.78 is 0. The zero-order valence-corrected chi connectivity index (χ0v) is 12.6. The first-order valence-electron chi connectivity index (χ1n) is 6.57. The number of piperidine rings is 1. The lowest BCUT2D eigenvalue weighted by Crippen LogP contribution is -2.52. The molecule has 1 heterocycles. The number of amides is 1. The van der Waals surface area contributed by atoms with Crippen molar-refractivity contribution in [2.45, 2.75) is 36.7 Å². The Balaban J connectivity index is 1.80. The third-order valence-corrected chi connectivity index (χ3v) is 4.82. The molecule has 3 nitrogen and oxygen atoms in total. The lowest BCUT2D eigenvalue weighted by atomic mass is 10.00. The summed E-state index contributed by atoms with van der Waals surface area (Å²) in [5.74, 6) is 0.484. The molecule has 104 valence electrons. The highest BCUT2D eigenvalue weighted by molar-refractivity contribution is 8.00. The van der Waals surface area contributed by atoms with E-state index in [0.29, 0.717) is 16.8 Å². The van der Waals surface area contributed by atoms with Crippen molar-refractivity contribution in [1.29, 1.82) is 0 Å². The first-order chi connectivity index (χ1) is 9.16. The molecular formula is C14H19ClN2OS. The van der Waals surface area contributed by atoms with Gasteiger partial charge in [0.05, 0.1) is 10.8 Å². The van der Waals surface area contributed by atoms with Gasteiger partial charge in [-0.2, -0.15) is 0 Å². The Kier molecular flexibility index (Phi) is 5.55. The van der Waals surface area contributed by atoms with Crippen LogP contribution < -0.4 is 10.6 Å². The summed E-state index contributed by atoms with van der Waals surface area (Å²) in [4.78, 5) is 12.9. The number of hydrogen-bond donors (Lipinski definition) is 2. The topological polar surface area (TPSA) is 41.1 Å². The molecule has 1 aromatic rings. The predicted octanol–water partition coefficient (Wildman–Crippen LogP) is 2.69. The number of rotatable bonds is 4. The molecule has 0 aromatic heterocycles. The molecule has 1 saturated heterocycles. The fourth-order valence-electron chi connectivity index (χ4n) is 2.19. The van der Waals surface area contributed by atoms with Crippen LogP contribution in [0.15, 0.2) is 29.2 Å². The smallest absolute Gasteiger partial charge is 0.230 e. The Morgan fingerprint density at radius 3 is 3.05 bits per heavy atom. The fraction of sp³-hybridized carbons (Fsp3) is 0.500. The van der Waals surface area contributed by atoms with Gasteiger partial charge in [0.15, 0.2) is 0 Å². The highest BCUT2D eigenvalue weighted by Gasteiger charge is 2.22. The molecule has 1 fully saturated rings. The maximum absolute atomic E-state index is 11.9. The van der Waals surface area contributed by atoms with Crippen molar-refractivity contribution in [3.8, 4) is 0 Å². The van der Waals surface area contributed by atoms with Crippen molar-refractivity contribution in [1.82, 2.24) is 10.6 Å². The number of halogens is 1. The quantitative estimate of drug-likeness (QED) is 0.840. The minimum atomic E-state index is 0.0745. The second-order valence-electron chi connectivity index (χ2n) is 4.78. The van der Waals surface area contributed by atoms with Crippen LogP contribution >= 0.6 is 23.4 Å². The van der Waals surface area contributed by atoms with Crippen LogP contribution in [0.1, 0.15) is 19.8 Å². The maximum atomic E-state index is 11.9. The monoisotopic (exact) mass is 298 g/mol. The number of thioether (sulfide) groups is 1. The number of hydrogen-bond acceptors (Lipinski definition) is 3. The summed E-state index contributed by atoms with van der Waals surface area (Å²) in [6.45, 7) is 3.16. The van der Waals surface area contributed by atoms with E-state index in [0.717, 1.165) is 24.3 Å². The lowest BCUT2D eigenvalue weighted by molar-refractivity contribution is -0.119. The number of carbonyl (C=O) groups excluding carboxylic acids is 1. The Bertz CT molecular complexity index is 441. The second-order valence-corrected chi connectivity index (χ2v) is 6.20. The Morgan fingerprint density at radius 1 is 1.53 bits per heavy atom. The van der Waals surface area contributed by atoms with Crippen molar-refractivity contribution >= 4 is 29.3 Å². The van der Waals surface area contributed by atoms with E-state index in [-0.39, 0.29) is 11.9 Å². The van der Waals surface area contributed by atoms with E-state index >= 15 is 0 Å². The van der Waals surface area contributed by atoms with Crippen LogP contribution in [-0.2, 0) is 4.79 Å². The molecule has 2 rings (SSSR count). The SMILES string of the molecule is CC1NCCCC1NC(=O)CSc1ccccc1Cl. The summed E-state index contributed by atoms with van der Waals surface area (Å²) >= 11 is 7.54. The average molecular weight is 299 g/mol. The molecule has 0 spiro atoms. The molecule has 1 aliphatic heterocycles. The van der Waals surface area contributed by atoms with Crippen molar-refractivity contribution < 1.29 is 4.79 Å². The average Bonchev–Trinajstić information content (AvgIpc) is 2.40. The Hall–Kier alpha value is -0.710.